The van der Waals surface area contributed by atoms with Crippen molar-refractivity contribution < 1.29 is 24.9 Å². The highest BCUT2D eigenvalue weighted by Crippen LogP contribution is 2.32. The Morgan fingerprint density at radius 3 is 2.70 bits per heavy atom. The number of aliphatic hydroxyl groups is 3. The number of carbonyl (C=O) groups is 1. The zero-order valence-electron chi connectivity index (χ0n) is 15.7. The van der Waals surface area contributed by atoms with Crippen molar-refractivity contribution in [2.75, 3.05) is 17.7 Å². The second-order valence-corrected chi connectivity index (χ2v) is 6.72. The lowest BCUT2D eigenvalue weighted by Gasteiger charge is -2.16. The van der Waals surface area contributed by atoms with Gasteiger partial charge in [0.1, 0.15) is 23.8 Å². The van der Waals surface area contributed by atoms with Gasteiger partial charge in [0, 0.05) is 6.08 Å². The number of imidazole rings is 1. The number of aromatic nitrogens is 4. The van der Waals surface area contributed by atoms with Crippen molar-refractivity contribution in [2.24, 2.45) is 0 Å². The number of nitrogens with zero attached hydrogens (tertiary/aromatic N) is 4. The maximum Gasteiger partial charge on any atom is 0.250 e. The Kier molecular flexibility index (Phi) is 5.42. The first kappa shape index (κ1) is 19.9. The molecule has 3 heterocycles. The Morgan fingerprint density at radius 2 is 2.00 bits per heavy atom. The van der Waals surface area contributed by atoms with Crippen LogP contribution in [-0.4, -0.2) is 65.7 Å². The monoisotopic (exact) mass is 412 g/mol. The van der Waals surface area contributed by atoms with Gasteiger partial charge in [0.2, 0.25) is 5.95 Å². The molecule has 0 unspecified atom stereocenters. The van der Waals surface area contributed by atoms with Gasteiger partial charge < -0.3 is 25.8 Å². The van der Waals surface area contributed by atoms with Crippen LogP contribution in [0.25, 0.3) is 17.2 Å². The molecule has 1 amide bonds. The van der Waals surface area contributed by atoms with Crippen molar-refractivity contribution in [3.05, 3.63) is 48.3 Å². The van der Waals surface area contributed by atoms with Gasteiger partial charge in [0.05, 0.1) is 12.9 Å². The fourth-order valence-corrected chi connectivity index (χ4v) is 3.18. The van der Waals surface area contributed by atoms with Gasteiger partial charge in [-0.3, -0.25) is 14.7 Å². The van der Waals surface area contributed by atoms with Crippen molar-refractivity contribution in [2.45, 2.75) is 24.5 Å². The third-order valence-corrected chi connectivity index (χ3v) is 4.70. The van der Waals surface area contributed by atoms with Crippen molar-refractivity contribution in [3.63, 3.8) is 0 Å². The third-order valence-electron chi connectivity index (χ3n) is 4.70. The van der Waals surface area contributed by atoms with E-state index in [1.54, 1.807) is 6.08 Å². The number of hydrogen-bond acceptors (Lipinski definition) is 9. The molecule has 0 bridgehead atoms. The summed E-state index contributed by atoms with van der Waals surface area (Å²) in [7, 11) is 0. The topological polar surface area (TPSA) is 169 Å². The Labute approximate surface area is 170 Å². The van der Waals surface area contributed by atoms with Crippen molar-refractivity contribution in [1.82, 2.24) is 19.5 Å². The predicted octanol–water partition coefficient (Wildman–Crippen LogP) is -0.328. The van der Waals surface area contributed by atoms with Gasteiger partial charge in [-0.15, -0.1) is 0 Å². The number of benzene rings is 1. The lowest BCUT2D eigenvalue weighted by Crippen LogP contribution is -2.33. The van der Waals surface area contributed by atoms with Crippen LogP contribution in [-0.2, 0) is 9.53 Å². The lowest BCUT2D eigenvalue weighted by molar-refractivity contribution is -0.111. The second kappa shape index (κ2) is 8.16. The molecule has 11 nitrogen and oxygen atoms in total. The highest BCUT2D eigenvalue weighted by Gasteiger charge is 2.44. The van der Waals surface area contributed by atoms with E-state index in [0.29, 0.717) is 0 Å². The molecule has 0 radical (unpaired) electrons. The van der Waals surface area contributed by atoms with Crippen LogP contribution in [0.15, 0.2) is 42.7 Å². The Balaban J connectivity index is 1.59. The molecule has 1 fully saturated rings. The van der Waals surface area contributed by atoms with Gasteiger partial charge in [0.25, 0.3) is 5.91 Å². The Morgan fingerprint density at radius 1 is 1.23 bits per heavy atom. The van der Waals surface area contributed by atoms with Gasteiger partial charge in [0.15, 0.2) is 17.7 Å². The molecule has 4 rings (SSSR count). The number of aliphatic hydroxyl groups excluding tert-OH is 3. The van der Waals surface area contributed by atoms with Crippen LogP contribution in [0, 0.1) is 0 Å². The van der Waals surface area contributed by atoms with E-state index in [0.717, 1.165) is 5.56 Å². The average Bonchev–Trinajstić information content (AvgIpc) is 3.29. The summed E-state index contributed by atoms with van der Waals surface area (Å²) in [6, 6.07) is 9.29. The van der Waals surface area contributed by atoms with Crippen molar-refractivity contribution >= 4 is 34.9 Å². The average molecular weight is 412 g/mol. The molecule has 6 N–H and O–H groups in total. The molecule has 3 aromatic rings. The number of rotatable bonds is 5. The minimum Gasteiger partial charge on any atom is -0.394 e. The van der Waals surface area contributed by atoms with E-state index in [1.165, 1.54) is 17.0 Å². The Bertz CT molecular complexity index is 1090. The van der Waals surface area contributed by atoms with E-state index in [1.807, 2.05) is 30.3 Å². The molecule has 2 aromatic heterocycles. The predicted molar refractivity (Wildman–Crippen MR) is 107 cm³/mol. The molecular formula is C19H20N6O5. The van der Waals surface area contributed by atoms with E-state index in [9.17, 15) is 20.1 Å². The van der Waals surface area contributed by atoms with Crippen LogP contribution in [0.4, 0.5) is 11.8 Å². The minimum absolute atomic E-state index is 0.0211. The number of carbonyl (C=O) groups excluding carboxylic acids is 1. The summed E-state index contributed by atoms with van der Waals surface area (Å²) < 4.78 is 6.88. The summed E-state index contributed by atoms with van der Waals surface area (Å²) in [6.45, 7) is -0.465. The van der Waals surface area contributed by atoms with Gasteiger partial charge >= 0.3 is 0 Å². The van der Waals surface area contributed by atoms with Gasteiger partial charge in [-0.25, -0.2) is 4.98 Å². The van der Waals surface area contributed by atoms with E-state index in [4.69, 9.17) is 10.5 Å². The molecule has 11 heteroatoms. The maximum absolute atomic E-state index is 12.2. The zero-order chi connectivity index (χ0) is 21.3. The number of fused-ring (bicyclic) bond motifs is 1. The van der Waals surface area contributed by atoms with E-state index in [-0.39, 0.29) is 22.9 Å². The Hall–Kier alpha value is -3.38. The van der Waals surface area contributed by atoms with Gasteiger partial charge in [-0.1, -0.05) is 30.3 Å². The number of anilines is 2. The first-order chi connectivity index (χ1) is 14.5. The van der Waals surface area contributed by atoms with Crippen LogP contribution in [0.2, 0.25) is 0 Å². The number of amides is 1. The van der Waals surface area contributed by atoms with Crippen LogP contribution in [0.5, 0.6) is 0 Å². The molecule has 1 saturated heterocycles. The highest BCUT2D eigenvalue weighted by atomic mass is 16.6. The maximum atomic E-state index is 12.2. The van der Waals surface area contributed by atoms with E-state index >= 15 is 0 Å². The number of nitrogens with one attached hydrogen (secondary N) is 1. The zero-order valence-corrected chi connectivity index (χ0v) is 15.7. The van der Waals surface area contributed by atoms with Gasteiger partial charge in [-0.05, 0) is 11.6 Å². The second-order valence-electron chi connectivity index (χ2n) is 6.72. The highest BCUT2D eigenvalue weighted by molar-refractivity contribution is 6.01. The summed E-state index contributed by atoms with van der Waals surface area (Å²) in [5, 5.41) is 32.1. The number of ether oxygens (including phenoxy) is 1. The fraction of sp³-hybridized carbons (Fsp3) is 0.263. The van der Waals surface area contributed by atoms with Crippen molar-refractivity contribution in [3.8, 4) is 0 Å². The normalized spacial score (nSPS) is 24.0. The smallest absolute Gasteiger partial charge is 0.250 e. The molecule has 1 aliphatic heterocycles. The summed E-state index contributed by atoms with van der Waals surface area (Å²) >= 11 is 0. The summed E-state index contributed by atoms with van der Waals surface area (Å²) in [4.78, 5) is 24.6. The van der Waals surface area contributed by atoms with Crippen LogP contribution >= 0.6 is 0 Å². The van der Waals surface area contributed by atoms with Crippen LogP contribution < -0.4 is 11.1 Å². The lowest BCUT2D eigenvalue weighted by atomic mass is 10.1. The van der Waals surface area contributed by atoms with Crippen LogP contribution in [0.1, 0.15) is 11.8 Å². The summed E-state index contributed by atoms with van der Waals surface area (Å²) in [5.74, 6) is -0.499. The largest absolute Gasteiger partial charge is 0.394 e. The van der Waals surface area contributed by atoms with Gasteiger partial charge in [-0.2, -0.15) is 9.97 Å². The summed E-state index contributed by atoms with van der Waals surface area (Å²) in [5.41, 5.74) is 7.22. The molecule has 0 spiro atoms. The molecular weight excluding hydrogens is 392 g/mol. The third kappa shape index (κ3) is 3.74. The van der Waals surface area contributed by atoms with Crippen molar-refractivity contribution in [1.29, 1.82) is 0 Å². The summed E-state index contributed by atoms with van der Waals surface area (Å²) in [6.07, 6.45) is -0.288. The molecule has 1 aromatic carbocycles. The molecule has 0 saturated carbocycles. The quantitative estimate of drug-likeness (QED) is 0.352. The minimum atomic E-state index is -1.32. The molecule has 4 atom stereocenters. The number of nitrogen functional groups attached to an aromatic ring is 1. The van der Waals surface area contributed by atoms with Crippen LogP contribution in [0.3, 0.4) is 0 Å². The fourth-order valence-electron chi connectivity index (χ4n) is 3.18. The number of nitrogens with two attached hydrogens (primary N) is 1. The standard InChI is InChI=1S/C19H20N6O5/c20-16-13-17(25(9-21-13)18-15(29)14(28)11(8-26)30-18)24-19(23-16)22-12(27)7-6-10-4-2-1-3-5-10/h1-7,9,11,14-15,18,26,28-29H,8H2,(H3,20,22,23,24,27)/t11-,14-,15-,18-/m1/s1. The molecule has 30 heavy (non-hydrogen) atoms. The number of hydrogen-bond donors (Lipinski definition) is 5. The van der Waals surface area contributed by atoms with E-state index in [2.05, 4.69) is 20.3 Å². The van der Waals surface area contributed by atoms with E-state index < -0.39 is 37.1 Å². The first-order valence-electron chi connectivity index (χ1n) is 9.14. The molecule has 0 aliphatic carbocycles. The molecule has 1 aliphatic rings. The first-order valence-corrected chi connectivity index (χ1v) is 9.14. The molecule has 156 valence electrons. The SMILES string of the molecule is Nc1nc(NC(=O)C=Cc2ccccc2)nc2c1ncn2[C@@H]1O[C@H](CO)[C@@H](O)[C@H]1O.